The van der Waals surface area contributed by atoms with Crippen molar-refractivity contribution in [2.45, 2.75) is 27.2 Å². The summed E-state index contributed by atoms with van der Waals surface area (Å²) in [6.45, 7) is 6.02. The molecule has 0 aliphatic heterocycles. The van der Waals surface area contributed by atoms with Crippen LogP contribution in [0, 0.1) is 20.8 Å². The van der Waals surface area contributed by atoms with Gasteiger partial charge >= 0.3 is 6.01 Å². The summed E-state index contributed by atoms with van der Waals surface area (Å²) in [4.78, 5) is 12.2. The maximum atomic E-state index is 12.2. The molecule has 0 unspecified atom stereocenters. The number of aromatic nitrogens is 2. The molecule has 1 aromatic heterocycles. The van der Waals surface area contributed by atoms with Gasteiger partial charge in [-0.15, -0.1) is 5.10 Å². The molecule has 3 rings (SSSR count). The van der Waals surface area contributed by atoms with Crippen molar-refractivity contribution >= 4 is 11.9 Å². The lowest BCUT2D eigenvalue weighted by atomic mass is 10.0. The third-order valence-corrected chi connectivity index (χ3v) is 3.79. The number of rotatable bonds is 4. The number of amides is 1. The van der Waals surface area contributed by atoms with Crippen LogP contribution in [0.5, 0.6) is 0 Å². The van der Waals surface area contributed by atoms with Gasteiger partial charge in [0.25, 0.3) is 0 Å². The highest BCUT2D eigenvalue weighted by Gasteiger charge is 2.12. The summed E-state index contributed by atoms with van der Waals surface area (Å²) in [5.74, 6) is 0.210. The van der Waals surface area contributed by atoms with Crippen LogP contribution >= 0.6 is 0 Å². The zero-order chi connectivity index (χ0) is 17.1. The molecule has 24 heavy (non-hydrogen) atoms. The van der Waals surface area contributed by atoms with E-state index in [1.807, 2.05) is 57.2 Å². The van der Waals surface area contributed by atoms with Crippen LogP contribution in [0.4, 0.5) is 6.01 Å². The molecule has 0 fully saturated rings. The van der Waals surface area contributed by atoms with Gasteiger partial charge in [-0.25, -0.2) is 0 Å². The molecule has 0 saturated heterocycles. The van der Waals surface area contributed by atoms with Crippen LogP contribution in [0.1, 0.15) is 22.3 Å². The molecule has 0 aliphatic rings. The van der Waals surface area contributed by atoms with Gasteiger partial charge in [0.05, 0.1) is 6.42 Å². The fourth-order valence-corrected chi connectivity index (χ4v) is 2.55. The molecule has 1 N–H and O–H groups in total. The van der Waals surface area contributed by atoms with E-state index in [1.54, 1.807) is 0 Å². The molecule has 3 aromatic rings. The van der Waals surface area contributed by atoms with Crippen LogP contribution in [-0.2, 0) is 11.2 Å². The van der Waals surface area contributed by atoms with Gasteiger partial charge in [-0.2, -0.15) is 0 Å². The van der Waals surface area contributed by atoms with Crippen molar-refractivity contribution in [1.29, 1.82) is 0 Å². The molecule has 2 aromatic carbocycles. The zero-order valence-electron chi connectivity index (χ0n) is 14.0. The molecular formula is C19H19N3O2. The summed E-state index contributed by atoms with van der Waals surface area (Å²) in [7, 11) is 0. The molecule has 0 aliphatic carbocycles. The van der Waals surface area contributed by atoms with E-state index < -0.39 is 0 Å². The highest BCUT2D eigenvalue weighted by Crippen LogP contribution is 2.21. The second kappa shape index (κ2) is 6.66. The second-order valence-electron chi connectivity index (χ2n) is 5.94. The molecule has 5 nitrogen and oxygen atoms in total. The number of carbonyl (C=O) groups is 1. The highest BCUT2D eigenvalue weighted by molar-refractivity contribution is 5.90. The lowest BCUT2D eigenvalue weighted by Gasteiger charge is -2.06. The van der Waals surface area contributed by atoms with E-state index in [-0.39, 0.29) is 18.3 Å². The Morgan fingerprint density at radius 2 is 1.83 bits per heavy atom. The summed E-state index contributed by atoms with van der Waals surface area (Å²) in [5, 5.41) is 10.5. The molecular weight excluding hydrogens is 302 g/mol. The lowest BCUT2D eigenvalue weighted by molar-refractivity contribution is -0.115. The van der Waals surface area contributed by atoms with E-state index in [9.17, 15) is 4.79 Å². The monoisotopic (exact) mass is 321 g/mol. The maximum Gasteiger partial charge on any atom is 0.322 e. The van der Waals surface area contributed by atoms with Crippen LogP contribution in [0.15, 0.2) is 46.9 Å². The molecule has 0 saturated carbocycles. The van der Waals surface area contributed by atoms with Gasteiger partial charge in [-0.3, -0.25) is 10.1 Å². The number of carbonyl (C=O) groups excluding carboxylic acids is 1. The Morgan fingerprint density at radius 3 is 2.58 bits per heavy atom. The standard InChI is InChI=1S/C19H19N3O2/c1-12-5-4-6-16(10-12)18-21-22-19(24-18)20-17(23)11-15-8-7-13(2)9-14(15)3/h4-10H,11H2,1-3H3,(H,20,22,23). The minimum Gasteiger partial charge on any atom is -0.403 e. The maximum absolute atomic E-state index is 12.2. The molecule has 1 amide bonds. The zero-order valence-corrected chi connectivity index (χ0v) is 14.0. The Balaban J connectivity index is 1.69. The second-order valence-corrected chi connectivity index (χ2v) is 5.94. The van der Waals surface area contributed by atoms with Gasteiger partial charge in [0.2, 0.25) is 11.8 Å². The van der Waals surface area contributed by atoms with Crippen molar-refractivity contribution in [3.05, 3.63) is 64.7 Å². The van der Waals surface area contributed by atoms with E-state index in [2.05, 4.69) is 21.6 Å². The van der Waals surface area contributed by atoms with Crippen LogP contribution in [0.25, 0.3) is 11.5 Å². The van der Waals surface area contributed by atoms with Crippen LogP contribution in [-0.4, -0.2) is 16.1 Å². The van der Waals surface area contributed by atoms with Crippen molar-refractivity contribution in [2.75, 3.05) is 5.32 Å². The number of aryl methyl sites for hydroxylation is 3. The lowest BCUT2D eigenvalue weighted by Crippen LogP contribution is -2.15. The first-order chi connectivity index (χ1) is 11.5. The SMILES string of the molecule is Cc1cccc(-c2nnc(NC(=O)Cc3ccc(C)cc3C)o2)c1. The number of anilines is 1. The molecule has 0 spiro atoms. The van der Waals surface area contributed by atoms with E-state index in [4.69, 9.17) is 4.42 Å². The molecule has 5 heteroatoms. The normalized spacial score (nSPS) is 10.6. The van der Waals surface area contributed by atoms with Crippen molar-refractivity contribution in [1.82, 2.24) is 10.2 Å². The van der Waals surface area contributed by atoms with E-state index >= 15 is 0 Å². The van der Waals surface area contributed by atoms with E-state index in [0.29, 0.717) is 5.89 Å². The number of hydrogen-bond acceptors (Lipinski definition) is 4. The molecule has 0 bridgehead atoms. The average molecular weight is 321 g/mol. The number of hydrogen-bond donors (Lipinski definition) is 1. The summed E-state index contributed by atoms with van der Waals surface area (Å²) >= 11 is 0. The van der Waals surface area contributed by atoms with Crippen molar-refractivity contribution in [2.24, 2.45) is 0 Å². The Kier molecular flexibility index (Phi) is 4.42. The van der Waals surface area contributed by atoms with Crippen LogP contribution in [0.3, 0.4) is 0 Å². The minimum atomic E-state index is -0.179. The summed E-state index contributed by atoms with van der Waals surface area (Å²) in [6, 6.07) is 13.9. The molecule has 0 atom stereocenters. The summed E-state index contributed by atoms with van der Waals surface area (Å²) in [6.07, 6.45) is 0.272. The first-order valence-electron chi connectivity index (χ1n) is 7.78. The third-order valence-electron chi connectivity index (χ3n) is 3.79. The first kappa shape index (κ1) is 15.9. The smallest absolute Gasteiger partial charge is 0.322 e. The summed E-state index contributed by atoms with van der Waals surface area (Å²) in [5.41, 5.74) is 5.19. The number of nitrogens with zero attached hydrogens (tertiary/aromatic N) is 2. The minimum absolute atomic E-state index is 0.112. The Hall–Kier alpha value is -2.95. The molecule has 0 radical (unpaired) electrons. The molecule has 122 valence electrons. The fraction of sp³-hybridized carbons (Fsp3) is 0.211. The van der Waals surface area contributed by atoms with Gasteiger partial charge in [-0.1, -0.05) is 46.6 Å². The predicted octanol–water partition coefficient (Wildman–Crippen LogP) is 3.84. The number of benzene rings is 2. The van der Waals surface area contributed by atoms with Crippen molar-refractivity contribution < 1.29 is 9.21 Å². The largest absolute Gasteiger partial charge is 0.403 e. The van der Waals surface area contributed by atoms with Crippen LogP contribution < -0.4 is 5.32 Å². The van der Waals surface area contributed by atoms with E-state index in [1.165, 1.54) is 5.56 Å². The highest BCUT2D eigenvalue weighted by atomic mass is 16.4. The van der Waals surface area contributed by atoms with Crippen molar-refractivity contribution in [3.8, 4) is 11.5 Å². The average Bonchev–Trinajstić information content (AvgIpc) is 2.98. The topological polar surface area (TPSA) is 68.0 Å². The fourth-order valence-electron chi connectivity index (χ4n) is 2.55. The Morgan fingerprint density at radius 1 is 1.04 bits per heavy atom. The van der Waals surface area contributed by atoms with Gasteiger partial charge in [-0.05, 0) is 44.0 Å². The van der Waals surface area contributed by atoms with Gasteiger partial charge in [0.15, 0.2) is 0 Å². The van der Waals surface area contributed by atoms with Crippen molar-refractivity contribution in [3.63, 3.8) is 0 Å². The Labute approximate surface area is 140 Å². The summed E-state index contributed by atoms with van der Waals surface area (Å²) < 4.78 is 5.53. The predicted molar refractivity (Wildman–Crippen MR) is 92.7 cm³/mol. The van der Waals surface area contributed by atoms with Crippen LogP contribution in [0.2, 0.25) is 0 Å². The van der Waals surface area contributed by atoms with E-state index in [0.717, 1.165) is 22.3 Å². The molecule has 1 heterocycles. The Bertz CT molecular complexity index is 884. The van der Waals surface area contributed by atoms with Gasteiger partial charge in [0, 0.05) is 5.56 Å². The van der Waals surface area contributed by atoms with Gasteiger partial charge in [0.1, 0.15) is 0 Å². The van der Waals surface area contributed by atoms with Gasteiger partial charge < -0.3 is 4.42 Å². The first-order valence-corrected chi connectivity index (χ1v) is 7.78. The number of nitrogens with one attached hydrogen (secondary N) is 1. The quantitative estimate of drug-likeness (QED) is 0.792. The third kappa shape index (κ3) is 3.68.